The van der Waals surface area contributed by atoms with Gasteiger partial charge in [0.25, 0.3) is 0 Å². The van der Waals surface area contributed by atoms with Crippen molar-refractivity contribution >= 4 is 0 Å². The second-order valence-corrected chi connectivity index (χ2v) is 6.26. The first-order valence-electron chi connectivity index (χ1n) is 7.75. The largest absolute Gasteiger partial charge is 0.388 e. The third-order valence-electron chi connectivity index (χ3n) is 4.96. The van der Waals surface area contributed by atoms with Crippen molar-refractivity contribution in [3.8, 4) is 0 Å². The molecule has 2 aliphatic carbocycles. The van der Waals surface area contributed by atoms with Crippen LogP contribution in [-0.4, -0.2) is 30.5 Å². The average Bonchev–Trinajstić information content (AvgIpc) is 2.78. The summed E-state index contributed by atoms with van der Waals surface area (Å²) >= 11 is 0. The summed E-state index contributed by atoms with van der Waals surface area (Å²) in [6.45, 7) is 2.12. The van der Waals surface area contributed by atoms with Gasteiger partial charge in [0.1, 0.15) is 0 Å². The van der Waals surface area contributed by atoms with E-state index in [4.69, 9.17) is 10.5 Å². The SMILES string of the molecule is NCC1(O)CCCC1CCOCC1CCCCC1. The maximum atomic E-state index is 10.3. The summed E-state index contributed by atoms with van der Waals surface area (Å²) in [5.74, 6) is 1.14. The Morgan fingerprint density at radius 2 is 1.89 bits per heavy atom. The van der Waals surface area contributed by atoms with Crippen LogP contribution in [-0.2, 0) is 4.74 Å². The molecular weight excluding hydrogens is 226 g/mol. The zero-order valence-electron chi connectivity index (χ0n) is 11.6. The Balaban J connectivity index is 1.60. The van der Waals surface area contributed by atoms with Crippen LogP contribution in [0.4, 0.5) is 0 Å². The monoisotopic (exact) mass is 255 g/mol. The molecule has 0 heterocycles. The lowest BCUT2D eigenvalue weighted by Crippen LogP contribution is -2.41. The van der Waals surface area contributed by atoms with E-state index in [0.717, 1.165) is 44.8 Å². The maximum absolute atomic E-state index is 10.3. The summed E-state index contributed by atoms with van der Waals surface area (Å²) in [5.41, 5.74) is 5.09. The molecule has 0 aromatic carbocycles. The van der Waals surface area contributed by atoms with Crippen LogP contribution < -0.4 is 5.73 Å². The summed E-state index contributed by atoms with van der Waals surface area (Å²) in [6, 6.07) is 0. The minimum atomic E-state index is -0.603. The van der Waals surface area contributed by atoms with Crippen LogP contribution in [0.3, 0.4) is 0 Å². The van der Waals surface area contributed by atoms with E-state index in [9.17, 15) is 5.11 Å². The van der Waals surface area contributed by atoms with E-state index in [2.05, 4.69) is 0 Å². The highest BCUT2D eigenvalue weighted by Gasteiger charge is 2.39. The molecule has 0 saturated heterocycles. The van der Waals surface area contributed by atoms with E-state index in [1.165, 1.54) is 32.1 Å². The topological polar surface area (TPSA) is 55.5 Å². The molecule has 0 bridgehead atoms. The highest BCUT2D eigenvalue weighted by Crippen LogP contribution is 2.37. The van der Waals surface area contributed by atoms with Gasteiger partial charge in [0.05, 0.1) is 5.60 Å². The van der Waals surface area contributed by atoms with Gasteiger partial charge in [-0.25, -0.2) is 0 Å². The molecule has 3 N–H and O–H groups in total. The predicted molar refractivity (Wildman–Crippen MR) is 73.4 cm³/mol. The molecule has 2 atom stereocenters. The molecule has 2 aliphatic rings. The van der Waals surface area contributed by atoms with Gasteiger partial charge in [-0.3, -0.25) is 0 Å². The van der Waals surface area contributed by atoms with E-state index >= 15 is 0 Å². The zero-order chi connectivity index (χ0) is 12.8. The first-order valence-corrected chi connectivity index (χ1v) is 7.75. The fourth-order valence-corrected chi connectivity index (χ4v) is 3.64. The number of hydrogen-bond acceptors (Lipinski definition) is 3. The lowest BCUT2D eigenvalue weighted by molar-refractivity contribution is -0.00810. The standard InChI is InChI=1S/C15H29NO2/c16-12-15(17)9-4-7-14(15)8-10-18-11-13-5-2-1-3-6-13/h13-14,17H,1-12,16H2. The molecule has 2 saturated carbocycles. The normalized spacial score (nSPS) is 34.0. The molecule has 2 unspecified atom stereocenters. The number of ether oxygens (including phenoxy) is 1. The van der Waals surface area contributed by atoms with Gasteiger partial charge in [-0.15, -0.1) is 0 Å². The van der Waals surface area contributed by atoms with Crippen LogP contribution in [0.5, 0.6) is 0 Å². The van der Waals surface area contributed by atoms with Crippen molar-refractivity contribution < 1.29 is 9.84 Å². The Morgan fingerprint density at radius 3 is 2.61 bits per heavy atom. The van der Waals surface area contributed by atoms with Crippen LogP contribution in [0.25, 0.3) is 0 Å². The van der Waals surface area contributed by atoms with Crippen molar-refractivity contribution in [1.82, 2.24) is 0 Å². The Hall–Kier alpha value is -0.120. The first kappa shape index (κ1) is 14.3. The lowest BCUT2D eigenvalue weighted by Gasteiger charge is -2.29. The van der Waals surface area contributed by atoms with Crippen LogP contribution in [0.1, 0.15) is 57.8 Å². The fraction of sp³-hybridized carbons (Fsp3) is 1.00. The molecule has 2 fully saturated rings. The highest BCUT2D eigenvalue weighted by atomic mass is 16.5. The molecule has 3 nitrogen and oxygen atoms in total. The molecule has 2 rings (SSSR count). The summed E-state index contributed by atoms with van der Waals surface area (Å²) in [5, 5.41) is 10.3. The number of aliphatic hydroxyl groups is 1. The third kappa shape index (κ3) is 3.69. The summed E-state index contributed by atoms with van der Waals surface area (Å²) in [7, 11) is 0. The fourth-order valence-electron chi connectivity index (χ4n) is 3.64. The Kier molecular flexibility index (Phi) is 5.46. The minimum Gasteiger partial charge on any atom is -0.388 e. The summed E-state index contributed by atoms with van der Waals surface area (Å²) in [4.78, 5) is 0. The van der Waals surface area contributed by atoms with E-state index in [0.29, 0.717) is 12.5 Å². The minimum absolute atomic E-state index is 0.355. The zero-order valence-corrected chi connectivity index (χ0v) is 11.6. The number of hydrogen-bond donors (Lipinski definition) is 2. The molecule has 18 heavy (non-hydrogen) atoms. The van der Waals surface area contributed by atoms with Gasteiger partial charge in [0.15, 0.2) is 0 Å². The highest BCUT2D eigenvalue weighted by molar-refractivity contribution is 4.92. The van der Waals surface area contributed by atoms with Crippen LogP contribution in [0.15, 0.2) is 0 Å². The van der Waals surface area contributed by atoms with Gasteiger partial charge in [0.2, 0.25) is 0 Å². The average molecular weight is 255 g/mol. The summed E-state index contributed by atoms with van der Waals surface area (Å²) < 4.78 is 5.82. The Morgan fingerprint density at radius 1 is 1.11 bits per heavy atom. The second kappa shape index (κ2) is 6.88. The molecule has 3 heteroatoms. The molecule has 0 radical (unpaired) electrons. The number of nitrogens with two attached hydrogens (primary N) is 1. The van der Waals surface area contributed by atoms with Gasteiger partial charge in [-0.05, 0) is 43.9 Å². The quantitative estimate of drug-likeness (QED) is 0.717. The van der Waals surface area contributed by atoms with Crippen molar-refractivity contribution in [3.05, 3.63) is 0 Å². The van der Waals surface area contributed by atoms with Gasteiger partial charge in [0, 0.05) is 19.8 Å². The Bertz CT molecular complexity index is 241. The van der Waals surface area contributed by atoms with Gasteiger partial charge < -0.3 is 15.6 Å². The van der Waals surface area contributed by atoms with Crippen molar-refractivity contribution in [2.45, 2.75) is 63.4 Å². The van der Waals surface area contributed by atoms with E-state index in [1.54, 1.807) is 0 Å². The van der Waals surface area contributed by atoms with Crippen molar-refractivity contribution in [1.29, 1.82) is 0 Å². The van der Waals surface area contributed by atoms with Crippen molar-refractivity contribution in [2.75, 3.05) is 19.8 Å². The van der Waals surface area contributed by atoms with E-state index in [-0.39, 0.29) is 0 Å². The molecular formula is C15H29NO2. The van der Waals surface area contributed by atoms with Crippen LogP contribution in [0, 0.1) is 11.8 Å². The van der Waals surface area contributed by atoms with E-state index < -0.39 is 5.60 Å². The third-order valence-corrected chi connectivity index (χ3v) is 4.96. The maximum Gasteiger partial charge on any atom is 0.0798 e. The van der Waals surface area contributed by atoms with Gasteiger partial charge in [-0.2, -0.15) is 0 Å². The smallest absolute Gasteiger partial charge is 0.0798 e. The van der Waals surface area contributed by atoms with Crippen LogP contribution >= 0.6 is 0 Å². The molecule has 0 aromatic heterocycles. The molecule has 0 aromatic rings. The molecule has 0 amide bonds. The second-order valence-electron chi connectivity index (χ2n) is 6.26. The summed E-state index contributed by atoms with van der Waals surface area (Å²) in [6.07, 6.45) is 10.9. The molecule has 106 valence electrons. The lowest BCUT2D eigenvalue weighted by atomic mass is 9.88. The molecule has 0 aliphatic heterocycles. The Labute approximate surface area is 111 Å². The first-order chi connectivity index (χ1) is 8.74. The predicted octanol–water partition coefficient (Wildman–Crippen LogP) is 2.46. The van der Waals surface area contributed by atoms with Crippen molar-refractivity contribution in [3.63, 3.8) is 0 Å². The van der Waals surface area contributed by atoms with Gasteiger partial charge in [-0.1, -0.05) is 25.7 Å². The van der Waals surface area contributed by atoms with Gasteiger partial charge >= 0.3 is 0 Å². The number of rotatable bonds is 6. The van der Waals surface area contributed by atoms with Crippen molar-refractivity contribution in [2.24, 2.45) is 17.6 Å². The van der Waals surface area contributed by atoms with E-state index in [1.807, 2.05) is 0 Å². The van der Waals surface area contributed by atoms with Crippen LogP contribution in [0.2, 0.25) is 0 Å². The molecule has 0 spiro atoms.